The van der Waals surface area contributed by atoms with Crippen LogP contribution in [0, 0.1) is 0 Å². The van der Waals surface area contributed by atoms with Crippen molar-refractivity contribution in [1.82, 2.24) is 10.2 Å². The van der Waals surface area contributed by atoms with E-state index in [0.29, 0.717) is 0 Å². The van der Waals surface area contributed by atoms with E-state index in [2.05, 4.69) is 50.3 Å². The summed E-state index contributed by atoms with van der Waals surface area (Å²) in [5.74, 6) is 0.946. The Balaban J connectivity index is 2.50. The first kappa shape index (κ1) is 16.0. The molecule has 0 aliphatic carbocycles. The summed E-state index contributed by atoms with van der Waals surface area (Å²) in [5, 5.41) is 3.51. The smallest absolute Gasteiger partial charge is 0.120 e. The van der Waals surface area contributed by atoms with Gasteiger partial charge in [-0.3, -0.25) is 0 Å². The van der Waals surface area contributed by atoms with Gasteiger partial charge >= 0.3 is 0 Å². The molecule has 3 heteroatoms. The Kier molecular flexibility index (Phi) is 5.83. The number of likely N-dealkylation sites (N-methyl/N-ethyl adjacent to an activating group) is 1. The number of nitrogens with zero attached hydrogens (tertiary/aromatic N) is 1. The van der Waals surface area contributed by atoms with Crippen LogP contribution in [-0.4, -0.2) is 37.2 Å². The molecule has 0 saturated carbocycles. The maximum Gasteiger partial charge on any atom is 0.120 e. The van der Waals surface area contributed by atoms with Crippen molar-refractivity contribution >= 4 is 0 Å². The Morgan fingerprint density at radius 1 is 1.26 bits per heavy atom. The van der Waals surface area contributed by atoms with Gasteiger partial charge in [0.2, 0.25) is 0 Å². The van der Waals surface area contributed by atoms with Gasteiger partial charge in [-0.05, 0) is 59.5 Å². The first-order valence-corrected chi connectivity index (χ1v) is 6.95. The zero-order valence-corrected chi connectivity index (χ0v) is 13.2. The molecule has 108 valence electrons. The zero-order chi connectivity index (χ0) is 14.5. The summed E-state index contributed by atoms with van der Waals surface area (Å²) in [6.07, 6.45) is 0.218. The standard InChI is InChI=1S/C16H28N2O/c1-13(2)19-15-9-7-8-14(10-15)11-17-12-16(3,4)18(5)6/h7-10,13,17H,11-12H2,1-6H3. The molecule has 0 spiro atoms. The first-order valence-electron chi connectivity index (χ1n) is 6.95. The highest BCUT2D eigenvalue weighted by molar-refractivity contribution is 5.28. The molecule has 0 heterocycles. The average Bonchev–Trinajstić information content (AvgIpc) is 2.28. The molecule has 0 amide bonds. The van der Waals surface area contributed by atoms with Crippen molar-refractivity contribution in [2.75, 3.05) is 20.6 Å². The molecule has 3 nitrogen and oxygen atoms in total. The molecule has 1 N–H and O–H groups in total. The maximum absolute atomic E-state index is 5.70. The van der Waals surface area contributed by atoms with Gasteiger partial charge in [-0.15, -0.1) is 0 Å². The quantitative estimate of drug-likeness (QED) is 0.819. The van der Waals surface area contributed by atoms with Crippen LogP contribution >= 0.6 is 0 Å². The monoisotopic (exact) mass is 264 g/mol. The lowest BCUT2D eigenvalue weighted by Crippen LogP contribution is -2.46. The SMILES string of the molecule is CC(C)Oc1cccc(CNCC(C)(C)N(C)C)c1. The van der Waals surface area contributed by atoms with Gasteiger partial charge < -0.3 is 15.0 Å². The minimum Gasteiger partial charge on any atom is -0.491 e. The Labute approximate surface area is 118 Å². The van der Waals surface area contributed by atoms with Crippen LogP contribution in [0.1, 0.15) is 33.3 Å². The topological polar surface area (TPSA) is 24.5 Å². The van der Waals surface area contributed by atoms with E-state index in [9.17, 15) is 0 Å². The number of rotatable bonds is 7. The fourth-order valence-electron chi connectivity index (χ4n) is 1.67. The summed E-state index contributed by atoms with van der Waals surface area (Å²) in [6.45, 7) is 10.4. The van der Waals surface area contributed by atoms with E-state index < -0.39 is 0 Å². The van der Waals surface area contributed by atoms with Crippen molar-refractivity contribution < 1.29 is 4.74 Å². The Bertz CT molecular complexity index is 386. The van der Waals surface area contributed by atoms with Gasteiger partial charge in [-0.25, -0.2) is 0 Å². The summed E-state index contributed by atoms with van der Waals surface area (Å²) in [5.41, 5.74) is 1.42. The summed E-state index contributed by atoms with van der Waals surface area (Å²) in [6, 6.07) is 8.29. The van der Waals surface area contributed by atoms with Gasteiger partial charge in [-0.1, -0.05) is 12.1 Å². The van der Waals surface area contributed by atoms with Gasteiger partial charge in [0.1, 0.15) is 5.75 Å². The molecule has 0 unspecified atom stereocenters. The van der Waals surface area contributed by atoms with E-state index in [-0.39, 0.29) is 11.6 Å². The average molecular weight is 264 g/mol. The van der Waals surface area contributed by atoms with Crippen molar-refractivity contribution in [3.05, 3.63) is 29.8 Å². The maximum atomic E-state index is 5.70. The molecule has 1 aromatic rings. The second kappa shape index (κ2) is 6.92. The predicted octanol–water partition coefficient (Wildman–Crippen LogP) is 2.90. The van der Waals surface area contributed by atoms with E-state index in [4.69, 9.17) is 4.74 Å². The molecular weight excluding hydrogens is 236 g/mol. The van der Waals surface area contributed by atoms with Gasteiger partial charge in [0, 0.05) is 18.6 Å². The second-order valence-corrected chi connectivity index (χ2v) is 6.12. The second-order valence-electron chi connectivity index (χ2n) is 6.12. The van der Waals surface area contributed by atoms with E-state index in [1.54, 1.807) is 0 Å². The van der Waals surface area contributed by atoms with Gasteiger partial charge in [0.05, 0.1) is 6.10 Å². The Morgan fingerprint density at radius 2 is 1.95 bits per heavy atom. The van der Waals surface area contributed by atoms with Crippen molar-refractivity contribution in [3.8, 4) is 5.75 Å². The van der Waals surface area contributed by atoms with Gasteiger partial charge in [-0.2, -0.15) is 0 Å². The van der Waals surface area contributed by atoms with E-state index >= 15 is 0 Å². The lowest BCUT2D eigenvalue weighted by Gasteiger charge is -2.32. The normalized spacial score (nSPS) is 12.2. The third kappa shape index (κ3) is 5.62. The molecule has 1 rings (SSSR count). The third-order valence-corrected chi connectivity index (χ3v) is 3.37. The predicted molar refractivity (Wildman–Crippen MR) is 81.7 cm³/mol. The van der Waals surface area contributed by atoms with E-state index in [1.165, 1.54) is 5.56 Å². The molecule has 0 aromatic heterocycles. The van der Waals surface area contributed by atoms with Crippen LogP contribution in [0.25, 0.3) is 0 Å². The van der Waals surface area contributed by atoms with Crippen LogP contribution in [0.15, 0.2) is 24.3 Å². The van der Waals surface area contributed by atoms with Gasteiger partial charge in [0.25, 0.3) is 0 Å². The van der Waals surface area contributed by atoms with Crippen molar-refractivity contribution in [2.24, 2.45) is 0 Å². The van der Waals surface area contributed by atoms with Crippen molar-refractivity contribution in [3.63, 3.8) is 0 Å². The number of nitrogens with one attached hydrogen (secondary N) is 1. The number of ether oxygens (including phenoxy) is 1. The summed E-state index contributed by atoms with van der Waals surface area (Å²) in [7, 11) is 4.22. The number of hydrogen-bond acceptors (Lipinski definition) is 3. The van der Waals surface area contributed by atoms with Crippen LogP contribution in [-0.2, 0) is 6.54 Å². The lowest BCUT2D eigenvalue weighted by atomic mass is 10.0. The highest BCUT2D eigenvalue weighted by Gasteiger charge is 2.19. The summed E-state index contributed by atoms with van der Waals surface area (Å²) in [4.78, 5) is 2.23. The number of hydrogen-bond donors (Lipinski definition) is 1. The molecule has 0 fully saturated rings. The first-order chi connectivity index (χ1) is 8.81. The summed E-state index contributed by atoms with van der Waals surface area (Å²) < 4.78 is 5.70. The Hall–Kier alpha value is -1.06. The zero-order valence-electron chi connectivity index (χ0n) is 13.2. The van der Waals surface area contributed by atoms with Crippen LogP contribution in [0.4, 0.5) is 0 Å². The van der Waals surface area contributed by atoms with Crippen LogP contribution in [0.2, 0.25) is 0 Å². The fraction of sp³-hybridized carbons (Fsp3) is 0.625. The van der Waals surface area contributed by atoms with Crippen LogP contribution < -0.4 is 10.1 Å². The summed E-state index contributed by atoms with van der Waals surface area (Å²) >= 11 is 0. The third-order valence-electron chi connectivity index (χ3n) is 3.37. The minimum absolute atomic E-state index is 0.159. The molecule has 0 aliphatic heterocycles. The van der Waals surface area contributed by atoms with Crippen molar-refractivity contribution in [1.29, 1.82) is 0 Å². The van der Waals surface area contributed by atoms with Gasteiger partial charge in [0.15, 0.2) is 0 Å². The van der Waals surface area contributed by atoms with E-state index in [0.717, 1.165) is 18.8 Å². The Morgan fingerprint density at radius 3 is 2.53 bits per heavy atom. The van der Waals surface area contributed by atoms with E-state index in [1.807, 2.05) is 26.0 Å². The molecule has 0 saturated heterocycles. The fourth-order valence-corrected chi connectivity index (χ4v) is 1.67. The van der Waals surface area contributed by atoms with Crippen LogP contribution in [0.5, 0.6) is 5.75 Å². The molecule has 0 atom stereocenters. The van der Waals surface area contributed by atoms with Crippen molar-refractivity contribution in [2.45, 2.75) is 45.9 Å². The molecule has 1 aromatic carbocycles. The number of benzene rings is 1. The minimum atomic E-state index is 0.159. The molecule has 0 radical (unpaired) electrons. The lowest BCUT2D eigenvalue weighted by molar-refractivity contribution is 0.189. The molecule has 0 aliphatic rings. The van der Waals surface area contributed by atoms with Crippen LogP contribution in [0.3, 0.4) is 0 Å². The highest BCUT2D eigenvalue weighted by Crippen LogP contribution is 2.15. The largest absolute Gasteiger partial charge is 0.491 e. The highest BCUT2D eigenvalue weighted by atomic mass is 16.5. The molecule has 19 heavy (non-hydrogen) atoms. The molecule has 0 bridgehead atoms. The molecular formula is C16H28N2O.